The number of hydrogen-bond acceptors (Lipinski definition) is 4. The second kappa shape index (κ2) is 12.3. The van der Waals surface area contributed by atoms with Crippen molar-refractivity contribution in [2.24, 2.45) is 5.92 Å². The summed E-state index contributed by atoms with van der Waals surface area (Å²) < 4.78 is 6.58. The van der Waals surface area contributed by atoms with Crippen LogP contribution in [0.15, 0.2) is 121 Å². The minimum Gasteiger partial charge on any atom is -0.431 e. The lowest BCUT2D eigenvalue weighted by atomic mass is 9.75. The summed E-state index contributed by atoms with van der Waals surface area (Å²) in [6, 6.07) is 39.9. The molecule has 1 aliphatic heterocycles. The SMILES string of the molecule is CS[C@@H]([C@H](C[C@H](O)c1ccccc1)c1ccccc1)N1C(=O)OC(c2ccccc2)(c2ccccc2)[C@@H]1C(C)C. The molecule has 1 amide bonds. The van der Waals surface area contributed by atoms with Crippen LogP contribution in [-0.4, -0.2) is 33.8 Å². The van der Waals surface area contributed by atoms with Crippen LogP contribution in [0.3, 0.4) is 0 Å². The molecule has 5 heteroatoms. The standard InChI is InChI=1S/C35H37NO3S/c1-25(2)32-35(28-20-12-6-13-21-28,29-22-14-7-15-23-29)39-34(38)36(32)33(40-3)30(26-16-8-4-9-17-26)24-31(37)27-18-10-5-11-19-27/h4-23,25,30-33,37H,24H2,1-3H3/t30-,31+,32+,33+/m1/s1. The number of cyclic esters (lactones) is 1. The summed E-state index contributed by atoms with van der Waals surface area (Å²) in [5, 5.41) is 11.1. The summed E-state index contributed by atoms with van der Waals surface area (Å²) in [4.78, 5) is 16.1. The van der Waals surface area contributed by atoms with Gasteiger partial charge in [-0.05, 0) is 29.7 Å². The van der Waals surface area contributed by atoms with Gasteiger partial charge in [0.25, 0.3) is 0 Å². The van der Waals surface area contributed by atoms with Crippen molar-refractivity contribution in [1.29, 1.82) is 0 Å². The van der Waals surface area contributed by atoms with Crippen molar-refractivity contribution < 1.29 is 14.6 Å². The quantitative estimate of drug-likeness (QED) is 0.217. The van der Waals surface area contributed by atoms with Gasteiger partial charge in [-0.2, -0.15) is 0 Å². The number of hydrogen-bond donors (Lipinski definition) is 1. The molecule has 0 saturated carbocycles. The van der Waals surface area contributed by atoms with E-state index in [9.17, 15) is 9.90 Å². The van der Waals surface area contributed by atoms with Crippen LogP contribution in [-0.2, 0) is 10.3 Å². The van der Waals surface area contributed by atoms with Crippen LogP contribution in [0.2, 0.25) is 0 Å². The lowest BCUT2D eigenvalue weighted by Gasteiger charge is -2.42. The predicted octanol–water partition coefficient (Wildman–Crippen LogP) is 8.00. The molecule has 0 bridgehead atoms. The first-order valence-electron chi connectivity index (χ1n) is 13.9. The molecule has 1 fully saturated rings. The fourth-order valence-electron chi connectivity index (χ4n) is 6.25. The van der Waals surface area contributed by atoms with Crippen molar-refractivity contribution in [3.63, 3.8) is 0 Å². The molecular formula is C35H37NO3S. The predicted molar refractivity (Wildman–Crippen MR) is 163 cm³/mol. The fourth-order valence-corrected chi connectivity index (χ4v) is 7.29. The van der Waals surface area contributed by atoms with E-state index >= 15 is 0 Å². The molecule has 206 valence electrons. The number of thioether (sulfide) groups is 1. The maximum Gasteiger partial charge on any atom is 0.412 e. The second-order valence-corrected chi connectivity index (χ2v) is 11.7. The Balaban J connectivity index is 1.63. The Kier molecular flexibility index (Phi) is 8.63. The van der Waals surface area contributed by atoms with E-state index in [1.54, 1.807) is 11.8 Å². The molecule has 0 radical (unpaired) electrons. The molecule has 4 nitrogen and oxygen atoms in total. The smallest absolute Gasteiger partial charge is 0.412 e. The van der Waals surface area contributed by atoms with Crippen molar-refractivity contribution in [3.05, 3.63) is 144 Å². The van der Waals surface area contributed by atoms with E-state index in [-0.39, 0.29) is 29.3 Å². The molecule has 1 aliphatic rings. The summed E-state index contributed by atoms with van der Waals surface area (Å²) in [6.07, 6.45) is 1.51. The van der Waals surface area contributed by atoms with E-state index in [2.05, 4.69) is 50.2 Å². The maximum atomic E-state index is 14.2. The van der Waals surface area contributed by atoms with Gasteiger partial charge in [0.1, 0.15) is 0 Å². The number of rotatable bonds is 10. The molecule has 1 N–H and O–H groups in total. The number of aliphatic hydroxyl groups excluding tert-OH is 1. The summed E-state index contributed by atoms with van der Waals surface area (Å²) >= 11 is 1.64. The number of amides is 1. The molecule has 0 aliphatic carbocycles. The number of carbonyl (C=O) groups excluding carboxylic acids is 1. The first-order valence-corrected chi connectivity index (χ1v) is 15.2. The van der Waals surface area contributed by atoms with Crippen molar-refractivity contribution in [3.8, 4) is 0 Å². The first-order chi connectivity index (χ1) is 19.5. The minimum atomic E-state index is -0.971. The molecule has 1 heterocycles. The van der Waals surface area contributed by atoms with Crippen LogP contribution < -0.4 is 0 Å². The van der Waals surface area contributed by atoms with Crippen molar-refractivity contribution in [1.82, 2.24) is 4.90 Å². The molecular weight excluding hydrogens is 514 g/mol. The summed E-state index contributed by atoms with van der Waals surface area (Å²) in [5.41, 5.74) is 2.90. The zero-order valence-electron chi connectivity index (χ0n) is 23.3. The van der Waals surface area contributed by atoms with Gasteiger partial charge in [0, 0.05) is 17.0 Å². The first kappa shape index (κ1) is 28.0. The molecule has 4 atom stereocenters. The molecule has 40 heavy (non-hydrogen) atoms. The zero-order valence-corrected chi connectivity index (χ0v) is 24.1. The van der Waals surface area contributed by atoms with E-state index < -0.39 is 11.7 Å². The van der Waals surface area contributed by atoms with Crippen molar-refractivity contribution in [2.45, 2.75) is 49.3 Å². The Bertz CT molecular complexity index is 1330. The Morgan fingerprint density at radius 1 is 0.775 bits per heavy atom. The average molecular weight is 552 g/mol. The van der Waals surface area contributed by atoms with Gasteiger partial charge in [0.2, 0.25) is 0 Å². The largest absolute Gasteiger partial charge is 0.431 e. The van der Waals surface area contributed by atoms with E-state index in [0.29, 0.717) is 6.42 Å². The maximum absolute atomic E-state index is 14.2. The third kappa shape index (κ3) is 5.28. The van der Waals surface area contributed by atoms with Crippen LogP contribution in [0.4, 0.5) is 4.79 Å². The van der Waals surface area contributed by atoms with Crippen molar-refractivity contribution in [2.75, 3.05) is 6.26 Å². The Labute approximate surface area is 242 Å². The number of aliphatic hydroxyl groups is 1. The van der Waals surface area contributed by atoms with Gasteiger partial charge < -0.3 is 9.84 Å². The lowest BCUT2D eigenvalue weighted by Crippen LogP contribution is -2.52. The van der Waals surface area contributed by atoms with Crippen LogP contribution in [0.1, 0.15) is 54.5 Å². The monoisotopic (exact) mass is 551 g/mol. The normalized spacial score (nSPS) is 18.8. The molecule has 0 spiro atoms. The van der Waals surface area contributed by atoms with Gasteiger partial charge in [-0.3, -0.25) is 4.90 Å². The fraction of sp³-hybridized carbons (Fsp3) is 0.286. The summed E-state index contributed by atoms with van der Waals surface area (Å²) in [7, 11) is 0. The second-order valence-electron chi connectivity index (χ2n) is 10.7. The summed E-state index contributed by atoms with van der Waals surface area (Å²) in [5.74, 6) is -0.0560. The lowest BCUT2D eigenvalue weighted by molar-refractivity contribution is 0.0533. The molecule has 4 aromatic carbocycles. The Morgan fingerprint density at radius 2 is 1.23 bits per heavy atom. The average Bonchev–Trinajstić information content (AvgIpc) is 3.32. The van der Waals surface area contributed by atoms with Crippen LogP contribution in [0.25, 0.3) is 0 Å². The highest BCUT2D eigenvalue weighted by Gasteiger charge is 2.59. The van der Waals surface area contributed by atoms with Gasteiger partial charge in [-0.15, -0.1) is 11.8 Å². The van der Waals surface area contributed by atoms with Crippen LogP contribution >= 0.6 is 11.8 Å². The zero-order chi connectivity index (χ0) is 28.1. The summed E-state index contributed by atoms with van der Waals surface area (Å²) in [6.45, 7) is 4.32. The van der Waals surface area contributed by atoms with E-state index in [4.69, 9.17) is 4.74 Å². The van der Waals surface area contributed by atoms with Crippen molar-refractivity contribution >= 4 is 17.9 Å². The van der Waals surface area contributed by atoms with Gasteiger partial charge >= 0.3 is 6.09 Å². The van der Waals surface area contributed by atoms with E-state index in [1.807, 2.05) is 96.1 Å². The molecule has 1 saturated heterocycles. The van der Waals surface area contributed by atoms with Gasteiger partial charge in [-0.1, -0.05) is 135 Å². The van der Waals surface area contributed by atoms with Gasteiger partial charge in [0.05, 0.1) is 17.5 Å². The van der Waals surface area contributed by atoms with Crippen LogP contribution in [0, 0.1) is 5.92 Å². The van der Waals surface area contributed by atoms with E-state index in [0.717, 1.165) is 22.3 Å². The molecule has 0 unspecified atom stereocenters. The third-order valence-corrected chi connectivity index (χ3v) is 9.00. The molecule has 5 rings (SSSR count). The van der Waals surface area contributed by atoms with E-state index in [1.165, 1.54) is 0 Å². The highest BCUT2D eigenvalue weighted by molar-refractivity contribution is 7.99. The highest BCUT2D eigenvalue weighted by atomic mass is 32.2. The van der Waals surface area contributed by atoms with Gasteiger partial charge in [0.15, 0.2) is 5.60 Å². The number of benzene rings is 4. The topological polar surface area (TPSA) is 49.8 Å². The Morgan fingerprint density at radius 3 is 1.68 bits per heavy atom. The minimum absolute atomic E-state index is 0.0805. The number of nitrogens with zero attached hydrogens (tertiary/aromatic N) is 1. The third-order valence-electron chi connectivity index (χ3n) is 7.96. The highest BCUT2D eigenvalue weighted by Crippen LogP contribution is 2.51. The number of ether oxygens (including phenoxy) is 1. The number of carbonyl (C=O) groups is 1. The Hall–Kier alpha value is -3.54. The van der Waals surface area contributed by atoms with Crippen LogP contribution in [0.5, 0.6) is 0 Å². The molecule has 4 aromatic rings. The molecule has 0 aromatic heterocycles. The van der Waals surface area contributed by atoms with Gasteiger partial charge in [-0.25, -0.2) is 4.79 Å².